The number of hydrogen-bond acceptors (Lipinski definition) is 4. The molecule has 0 aliphatic carbocycles. The molecule has 0 spiro atoms. The number of benzene rings is 2. The quantitative estimate of drug-likeness (QED) is 0.688. The molecule has 1 aromatic heterocycles. The van der Waals surface area contributed by atoms with E-state index in [2.05, 4.69) is 29.6 Å². The topological polar surface area (TPSA) is 43.4 Å². The molecule has 0 aliphatic rings. The average Bonchev–Trinajstić information content (AvgIpc) is 2.62. The maximum atomic E-state index is 5.43. The van der Waals surface area contributed by atoms with E-state index < -0.39 is 0 Å². The molecule has 1 N–H and O–H groups in total. The first-order valence-corrected chi connectivity index (χ1v) is 8.01. The van der Waals surface area contributed by atoms with Crippen LogP contribution in [0.15, 0.2) is 48.5 Å². The van der Waals surface area contributed by atoms with Crippen LogP contribution in [-0.2, 0) is 4.74 Å². The van der Waals surface area contributed by atoms with Gasteiger partial charge in [-0.15, -0.1) is 0 Å². The second kappa shape index (κ2) is 7.32. The van der Waals surface area contributed by atoms with Gasteiger partial charge in [-0.05, 0) is 36.1 Å². The fourth-order valence-corrected chi connectivity index (χ4v) is 2.92. The van der Waals surface area contributed by atoms with Crippen LogP contribution < -0.4 is 10.1 Å². The number of fused-ring (bicyclic) bond motifs is 1. The highest BCUT2D eigenvalue weighted by Gasteiger charge is 2.13. The van der Waals surface area contributed by atoms with Gasteiger partial charge in [0.25, 0.3) is 0 Å². The SMILES string of the molecule is COCCNc1nc(C)c(-c2ccccc2)c2cc(OC)ccc12. The highest BCUT2D eigenvalue weighted by atomic mass is 16.5. The maximum Gasteiger partial charge on any atom is 0.134 e. The van der Waals surface area contributed by atoms with Crippen LogP contribution in [0, 0.1) is 6.92 Å². The minimum Gasteiger partial charge on any atom is -0.497 e. The lowest BCUT2D eigenvalue weighted by Crippen LogP contribution is -2.10. The van der Waals surface area contributed by atoms with Crippen molar-refractivity contribution >= 4 is 16.6 Å². The number of anilines is 1. The highest BCUT2D eigenvalue weighted by Crippen LogP contribution is 2.36. The summed E-state index contributed by atoms with van der Waals surface area (Å²) < 4.78 is 10.6. The second-order valence-corrected chi connectivity index (χ2v) is 5.62. The van der Waals surface area contributed by atoms with E-state index in [0.29, 0.717) is 6.61 Å². The van der Waals surface area contributed by atoms with Gasteiger partial charge in [-0.2, -0.15) is 0 Å². The van der Waals surface area contributed by atoms with Gasteiger partial charge in [0, 0.05) is 30.3 Å². The number of nitrogens with one attached hydrogen (secondary N) is 1. The average molecular weight is 322 g/mol. The summed E-state index contributed by atoms with van der Waals surface area (Å²) in [7, 11) is 3.39. The Morgan fingerprint density at radius 2 is 1.79 bits per heavy atom. The number of hydrogen-bond donors (Lipinski definition) is 1. The Bertz CT molecular complexity index is 832. The lowest BCUT2D eigenvalue weighted by atomic mass is 9.97. The number of ether oxygens (including phenoxy) is 2. The summed E-state index contributed by atoms with van der Waals surface area (Å²) in [5.41, 5.74) is 3.29. The lowest BCUT2D eigenvalue weighted by molar-refractivity contribution is 0.210. The first kappa shape index (κ1) is 16.3. The van der Waals surface area contributed by atoms with Crippen molar-refractivity contribution < 1.29 is 9.47 Å². The van der Waals surface area contributed by atoms with Crippen molar-refractivity contribution in [3.8, 4) is 16.9 Å². The maximum absolute atomic E-state index is 5.43. The van der Waals surface area contributed by atoms with Crippen LogP contribution in [-0.4, -0.2) is 32.4 Å². The van der Waals surface area contributed by atoms with E-state index in [1.165, 1.54) is 0 Å². The number of aryl methyl sites for hydroxylation is 1. The molecule has 4 heteroatoms. The third kappa shape index (κ3) is 3.19. The zero-order chi connectivity index (χ0) is 16.9. The van der Waals surface area contributed by atoms with Crippen LogP contribution in [0.1, 0.15) is 5.69 Å². The first-order chi connectivity index (χ1) is 11.7. The molecule has 1 heterocycles. The number of rotatable bonds is 6. The van der Waals surface area contributed by atoms with E-state index in [0.717, 1.165) is 45.7 Å². The van der Waals surface area contributed by atoms with Crippen molar-refractivity contribution in [1.29, 1.82) is 0 Å². The zero-order valence-corrected chi connectivity index (χ0v) is 14.3. The zero-order valence-electron chi connectivity index (χ0n) is 14.3. The van der Waals surface area contributed by atoms with Crippen LogP contribution >= 0.6 is 0 Å². The Labute approximate surface area is 142 Å². The molecule has 3 rings (SSSR count). The molecule has 0 bridgehead atoms. The summed E-state index contributed by atoms with van der Waals surface area (Å²) in [6.07, 6.45) is 0. The van der Waals surface area contributed by atoms with Crippen molar-refractivity contribution in [2.75, 3.05) is 32.7 Å². The largest absolute Gasteiger partial charge is 0.497 e. The van der Waals surface area contributed by atoms with Crippen LogP contribution in [0.2, 0.25) is 0 Å². The van der Waals surface area contributed by atoms with Crippen LogP contribution in [0.4, 0.5) is 5.82 Å². The molecule has 0 aliphatic heterocycles. The predicted molar refractivity (Wildman–Crippen MR) is 98.8 cm³/mol. The van der Waals surface area contributed by atoms with Gasteiger partial charge in [0.15, 0.2) is 0 Å². The molecular weight excluding hydrogens is 300 g/mol. The van der Waals surface area contributed by atoms with Gasteiger partial charge in [-0.1, -0.05) is 30.3 Å². The Hall–Kier alpha value is -2.59. The summed E-state index contributed by atoms with van der Waals surface area (Å²) in [5.74, 6) is 1.72. The van der Waals surface area contributed by atoms with Gasteiger partial charge < -0.3 is 14.8 Å². The Morgan fingerprint density at radius 3 is 2.50 bits per heavy atom. The third-order valence-corrected chi connectivity index (χ3v) is 4.05. The normalized spacial score (nSPS) is 10.8. The molecule has 3 aromatic rings. The Morgan fingerprint density at radius 1 is 1.00 bits per heavy atom. The number of pyridine rings is 1. The number of methoxy groups -OCH3 is 2. The fourth-order valence-electron chi connectivity index (χ4n) is 2.92. The number of nitrogens with zero attached hydrogens (tertiary/aromatic N) is 1. The van der Waals surface area contributed by atoms with Gasteiger partial charge in [-0.25, -0.2) is 4.98 Å². The van der Waals surface area contributed by atoms with Crippen LogP contribution in [0.25, 0.3) is 21.9 Å². The molecule has 0 fully saturated rings. The van der Waals surface area contributed by atoms with E-state index in [9.17, 15) is 0 Å². The summed E-state index contributed by atoms with van der Waals surface area (Å²) in [4.78, 5) is 4.80. The predicted octanol–water partition coefficient (Wildman–Crippen LogP) is 4.28. The third-order valence-electron chi connectivity index (χ3n) is 4.05. The lowest BCUT2D eigenvalue weighted by Gasteiger charge is -2.16. The van der Waals surface area contributed by atoms with E-state index in [1.807, 2.05) is 31.2 Å². The Balaban J connectivity index is 2.20. The summed E-state index contributed by atoms with van der Waals surface area (Å²) >= 11 is 0. The van der Waals surface area contributed by atoms with Gasteiger partial charge in [0.2, 0.25) is 0 Å². The molecule has 0 radical (unpaired) electrons. The molecule has 0 atom stereocenters. The van der Waals surface area contributed by atoms with E-state index in [1.54, 1.807) is 14.2 Å². The summed E-state index contributed by atoms with van der Waals surface area (Å²) in [6, 6.07) is 16.4. The number of aromatic nitrogens is 1. The minimum atomic E-state index is 0.638. The monoisotopic (exact) mass is 322 g/mol. The van der Waals surface area contributed by atoms with E-state index in [4.69, 9.17) is 14.5 Å². The van der Waals surface area contributed by atoms with Crippen molar-refractivity contribution in [2.24, 2.45) is 0 Å². The highest BCUT2D eigenvalue weighted by molar-refractivity contribution is 6.03. The van der Waals surface area contributed by atoms with Gasteiger partial charge >= 0.3 is 0 Å². The Kier molecular flexibility index (Phi) is 4.96. The van der Waals surface area contributed by atoms with Gasteiger partial charge in [0.05, 0.1) is 13.7 Å². The summed E-state index contributed by atoms with van der Waals surface area (Å²) in [6.45, 7) is 3.40. The molecule has 0 saturated carbocycles. The molecule has 2 aromatic carbocycles. The molecule has 0 amide bonds. The van der Waals surface area contributed by atoms with Crippen molar-refractivity contribution in [3.63, 3.8) is 0 Å². The standard InChI is InChI=1S/C20H22N2O2/c1-14-19(15-7-5-4-6-8-15)18-13-16(24-3)9-10-17(18)20(22-14)21-11-12-23-2/h4-10,13H,11-12H2,1-3H3,(H,21,22). The molecule has 0 unspecified atom stereocenters. The smallest absolute Gasteiger partial charge is 0.134 e. The second-order valence-electron chi connectivity index (χ2n) is 5.62. The molecule has 24 heavy (non-hydrogen) atoms. The fraction of sp³-hybridized carbons (Fsp3) is 0.250. The van der Waals surface area contributed by atoms with Crippen molar-refractivity contribution in [1.82, 2.24) is 4.98 Å². The molecule has 124 valence electrons. The molecular formula is C20H22N2O2. The van der Waals surface area contributed by atoms with Crippen LogP contribution in [0.5, 0.6) is 5.75 Å². The van der Waals surface area contributed by atoms with E-state index in [-0.39, 0.29) is 0 Å². The van der Waals surface area contributed by atoms with E-state index >= 15 is 0 Å². The van der Waals surface area contributed by atoms with Crippen LogP contribution in [0.3, 0.4) is 0 Å². The minimum absolute atomic E-state index is 0.638. The summed E-state index contributed by atoms with van der Waals surface area (Å²) in [5, 5.41) is 5.58. The first-order valence-electron chi connectivity index (χ1n) is 8.01. The van der Waals surface area contributed by atoms with Crippen molar-refractivity contribution in [3.05, 3.63) is 54.2 Å². The molecule has 4 nitrogen and oxygen atoms in total. The van der Waals surface area contributed by atoms with Gasteiger partial charge in [0.1, 0.15) is 11.6 Å². The van der Waals surface area contributed by atoms with Crippen molar-refractivity contribution in [2.45, 2.75) is 6.92 Å². The van der Waals surface area contributed by atoms with Gasteiger partial charge in [-0.3, -0.25) is 0 Å². The molecule has 0 saturated heterocycles.